The first-order valence-electron chi connectivity index (χ1n) is 5.18. The van der Waals surface area contributed by atoms with E-state index in [9.17, 15) is 4.39 Å². The fourth-order valence-electron chi connectivity index (χ4n) is 1.42. The molecule has 0 aliphatic heterocycles. The minimum absolute atomic E-state index is 0.241. The van der Waals surface area contributed by atoms with E-state index in [1.807, 2.05) is 0 Å². The van der Waals surface area contributed by atoms with Gasteiger partial charge in [0.2, 0.25) is 0 Å². The first-order chi connectivity index (χ1) is 8.56. The summed E-state index contributed by atoms with van der Waals surface area (Å²) in [6.45, 7) is 0.241. The molecule has 0 radical (unpaired) electrons. The molecule has 2 aromatic rings. The van der Waals surface area contributed by atoms with Gasteiger partial charge in [0, 0.05) is 6.07 Å². The maximum atomic E-state index is 13.0. The van der Waals surface area contributed by atoms with Gasteiger partial charge in [0.15, 0.2) is 0 Å². The average molecular weight is 286 g/mol. The lowest BCUT2D eigenvalue weighted by molar-refractivity contribution is 0.306. The van der Waals surface area contributed by atoms with Crippen LogP contribution in [0.15, 0.2) is 36.4 Å². The zero-order valence-electron chi connectivity index (χ0n) is 9.29. The SMILES string of the molecule is Nc1ccc(F)cc1OCc1ccc(Cl)c(Cl)c1. The number of nitrogen functional groups attached to an aromatic ring is 1. The predicted molar refractivity (Wildman–Crippen MR) is 71.6 cm³/mol. The normalized spacial score (nSPS) is 10.4. The molecular weight excluding hydrogens is 276 g/mol. The van der Waals surface area contributed by atoms with E-state index in [1.54, 1.807) is 18.2 Å². The fourth-order valence-corrected chi connectivity index (χ4v) is 1.74. The summed E-state index contributed by atoms with van der Waals surface area (Å²) in [5.41, 5.74) is 6.88. The molecule has 0 atom stereocenters. The van der Waals surface area contributed by atoms with Crippen molar-refractivity contribution in [2.24, 2.45) is 0 Å². The number of hydrogen-bond donors (Lipinski definition) is 1. The van der Waals surface area contributed by atoms with E-state index in [0.29, 0.717) is 21.5 Å². The minimum atomic E-state index is -0.395. The van der Waals surface area contributed by atoms with E-state index in [4.69, 9.17) is 33.7 Å². The van der Waals surface area contributed by atoms with Crippen molar-refractivity contribution in [1.29, 1.82) is 0 Å². The second kappa shape index (κ2) is 5.46. The topological polar surface area (TPSA) is 35.2 Å². The summed E-state index contributed by atoms with van der Waals surface area (Å²) in [6, 6.07) is 9.13. The first-order valence-corrected chi connectivity index (χ1v) is 5.93. The van der Waals surface area contributed by atoms with Gasteiger partial charge in [0.25, 0.3) is 0 Å². The molecule has 0 saturated heterocycles. The van der Waals surface area contributed by atoms with Crippen molar-refractivity contribution in [3.63, 3.8) is 0 Å². The highest BCUT2D eigenvalue weighted by molar-refractivity contribution is 6.42. The zero-order chi connectivity index (χ0) is 13.1. The summed E-state index contributed by atoms with van der Waals surface area (Å²) in [7, 11) is 0. The lowest BCUT2D eigenvalue weighted by Crippen LogP contribution is -1.99. The van der Waals surface area contributed by atoms with Gasteiger partial charge in [0.05, 0.1) is 15.7 Å². The van der Waals surface area contributed by atoms with Crippen molar-refractivity contribution < 1.29 is 9.13 Å². The summed E-state index contributed by atoms with van der Waals surface area (Å²) in [6.07, 6.45) is 0. The third-order valence-electron chi connectivity index (χ3n) is 2.35. The van der Waals surface area contributed by atoms with Gasteiger partial charge in [-0.15, -0.1) is 0 Å². The van der Waals surface area contributed by atoms with Gasteiger partial charge in [-0.2, -0.15) is 0 Å². The van der Waals surface area contributed by atoms with Gasteiger partial charge in [-0.1, -0.05) is 29.3 Å². The lowest BCUT2D eigenvalue weighted by Gasteiger charge is -2.09. The highest BCUT2D eigenvalue weighted by Crippen LogP contribution is 2.25. The smallest absolute Gasteiger partial charge is 0.145 e. The van der Waals surface area contributed by atoms with E-state index in [1.165, 1.54) is 18.2 Å². The Balaban J connectivity index is 2.11. The molecular formula is C13H10Cl2FNO. The Labute approximate surface area is 114 Å². The van der Waals surface area contributed by atoms with Crippen molar-refractivity contribution in [3.8, 4) is 5.75 Å². The second-order valence-electron chi connectivity index (χ2n) is 3.72. The lowest BCUT2D eigenvalue weighted by atomic mass is 10.2. The number of ether oxygens (including phenoxy) is 1. The Morgan fingerprint density at radius 3 is 2.56 bits per heavy atom. The number of halogens is 3. The Kier molecular flexibility index (Phi) is 3.94. The third-order valence-corrected chi connectivity index (χ3v) is 3.09. The van der Waals surface area contributed by atoms with Crippen LogP contribution in [0.4, 0.5) is 10.1 Å². The van der Waals surface area contributed by atoms with Crippen molar-refractivity contribution in [1.82, 2.24) is 0 Å². The van der Waals surface area contributed by atoms with Gasteiger partial charge in [0.1, 0.15) is 18.2 Å². The summed E-state index contributed by atoms with van der Waals surface area (Å²) < 4.78 is 18.4. The first kappa shape index (κ1) is 13.0. The molecule has 0 fully saturated rings. The van der Waals surface area contributed by atoms with Gasteiger partial charge in [-0.3, -0.25) is 0 Å². The summed E-state index contributed by atoms with van der Waals surface area (Å²) in [4.78, 5) is 0. The van der Waals surface area contributed by atoms with Gasteiger partial charge in [-0.25, -0.2) is 4.39 Å². The van der Waals surface area contributed by atoms with E-state index in [0.717, 1.165) is 5.56 Å². The van der Waals surface area contributed by atoms with Crippen LogP contribution in [0.5, 0.6) is 5.75 Å². The highest BCUT2D eigenvalue weighted by Gasteiger charge is 2.04. The van der Waals surface area contributed by atoms with Crippen LogP contribution in [0, 0.1) is 5.82 Å². The molecule has 0 aliphatic carbocycles. The monoisotopic (exact) mass is 285 g/mol. The largest absolute Gasteiger partial charge is 0.487 e. The number of benzene rings is 2. The summed E-state index contributed by atoms with van der Waals surface area (Å²) in [5.74, 6) is -0.0885. The van der Waals surface area contributed by atoms with Crippen molar-refractivity contribution >= 4 is 28.9 Å². The Morgan fingerprint density at radius 1 is 1.06 bits per heavy atom. The van der Waals surface area contributed by atoms with Crippen LogP contribution in [0.2, 0.25) is 10.0 Å². The molecule has 0 saturated carbocycles. The van der Waals surface area contributed by atoms with E-state index in [2.05, 4.69) is 0 Å². The van der Waals surface area contributed by atoms with Crippen molar-refractivity contribution in [3.05, 3.63) is 57.8 Å². The van der Waals surface area contributed by atoms with Crippen LogP contribution < -0.4 is 10.5 Å². The molecule has 0 bridgehead atoms. The molecule has 0 spiro atoms. The molecule has 18 heavy (non-hydrogen) atoms. The van der Waals surface area contributed by atoms with Crippen LogP contribution >= 0.6 is 23.2 Å². The molecule has 94 valence electrons. The maximum Gasteiger partial charge on any atom is 0.145 e. The van der Waals surface area contributed by atoms with E-state index in [-0.39, 0.29) is 6.61 Å². The van der Waals surface area contributed by atoms with Crippen molar-refractivity contribution in [2.45, 2.75) is 6.61 Å². The molecule has 0 aliphatic rings. The molecule has 0 unspecified atom stereocenters. The quantitative estimate of drug-likeness (QED) is 0.854. The number of hydrogen-bond acceptors (Lipinski definition) is 2. The molecule has 2 nitrogen and oxygen atoms in total. The second-order valence-corrected chi connectivity index (χ2v) is 4.53. The predicted octanol–water partition coefficient (Wildman–Crippen LogP) is 4.29. The van der Waals surface area contributed by atoms with Crippen molar-refractivity contribution in [2.75, 3.05) is 5.73 Å². The molecule has 0 heterocycles. The molecule has 2 N–H and O–H groups in total. The Hall–Kier alpha value is -1.45. The van der Waals surface area contributed by atoms with Gasteiger partial charge >= 0.3 is 0 Å². The number of anilines is 1. The Bertz CT molecular complexity index is 575. The zero-order valence-corrected chi connectivity index (χ0v) is 10.8. The number of nitrogens with two attached hydrogens (primary N) is 1. The number of rotatable bonds is 3. The third kappa shape index (κ3) is 3.06. The molecule has 2 rings (SSSR count). The highest BCUT2D eigenvalue weighted by atomic mass is 35.5. The molecule has 2 aromatic carbocycles. The van der Waals surface area contributed by atoms with Crippen LogP contribution in [-0.4, -0.2) is 0 Å². The summed E-state index contributed by atoms with van der Waals surface area (Å²) >= 11 is 11.7. The molecule has 0 amide bonds. The van der Waals surface area contributed by atoms with E-state index < -0.39 is 5.82 Å². The van der Waals surface area contributed by atoms with E-state index >= 15 is 0 Å². The van der Waals surface area contributed by atoms with Crippen LogP contribution in [0.25, 0.3) is 0 Å². The van der Waals surface area contributed by atoms with Crippen LogP contribution in [0.3, 0.4) is 0 Å². The van der Waals surface area contributed by atoms with Gasteiger partial charge in [-0.05, 0) is 29.8 Å². The Morgan fingerprint density at radius 2 is 1.83 bits per heavy atom. The maximum absolute atomic E-state index is 13.0. The minimum Gasteiger partial charge on any atom is -0.487 e. The molecule has 5 heteroatoms. The van der Waals surface area contributed by atoms with Crippen LogP contribution in [0.1, 0.15) is 5.56 Å². The summed E-state index contributed by atoms with van der Waals surface area (Å²) in [5, 5.41) is 0.927. The van der Waals surface area contributed by atoms with Gasteiger partial charge < -0.3 is 10.5 Å². The molecule has 0 aromatic heterocycles. The standard InChI is InChI=1S/C13H10Cl2FNO/c14-10-3-1-8(5-11(10)15)7-18-13-6-9(16)2-4-12(13)17/h1-6H,7,17H2. The van der Waals surface area contributed by atoms with Crippen LogP contribution in [-0.2, 0) is 6.61 Å². The fraction of sp³-hybridized carbons (Fsp3) is 0.0769. The average Bonchev–Trinajstić information content (AvgIpc) is 2.34.